The van der Waals surface area contributed by atoms with Crippen LogP contribution in [-0.2, 0) is 9.53 Å². The number of carbonyl (C=O) groups excluding carboxylic acids is 1. The average Bonchev–Trinajstić information content (AvgIpc) is 2.38. The zero-order valence-corrected chi connectivity index (χ0v) is 11.7. The fourth-order valence-corrected chi connectivity index (χ4v) is 2.24. The van der Waals surface area contributed by atoms with E-state index in [4.69, 9.17) is 10.5 Å². The van der Waals surface area contributed by atoms with Crippen LogP contribution >= 0.6 is 0 Å². The lowest BCUT2D eigenvalue weighted by molar-refractivity contribution is -0.122. The highest BCUT2D eigenvalue weighted by Gasteiger charge is 2.20. The van der Waals surface area contributed by atoms with Gasteiger partial charge in [-0.05, 0) is 26.2 Å². The minimum absolute atomic E-state index is 0.149. The van der Waals surface area contributed by atoms with Crippen LogP contribution in [0, 0.1) is 0 Å². The minimum atomic E-state index is 0.149. The second-order valence-corrected chi connectivity index (χ2v) is 5.06. The van der Waals surface area contributed by atoms with E-state index in [2.05, 4.69) is 10.2 Å². The van der Waals surface area contributed by atoms with E-state index in [9.17, 15) is 4.79 Å². The summed E-state index contributed by atoms with van der Waals surface area (Å²) < 4.78 is 5.13. The Balaban J connectivity index is 2.14. The normalized spacial score (nSPS) is 19.7. The molecule has 0 aliphatic carbocycles. The van der Waals surface area contributed by atoms with E-state index in [1.54, 1.807) is 7.11 Å². The summed E-state index contributed by atoms with van der Waals surface area (Å²) in [5, 5.41) is 3.11. The fourth-order valence-electron chi connectivity index (χ4n) is 2.24. The second kappa shape index (κ2) is 8.45. The van der Waals surface area contributed by atoms with E-state index in [1.165, 1.54) is 0 Å². The van der Waals surface area contributed by atoms with Gasteiger partial charge in [0.25, 0.3) is 0 Å². The van der Waals surface area contributed by atoms with Crippen molar-refractivity contribution >= 4 is 5.91 Å². The van der Waals surface area contributed by atoms with Crippen LogP contribution in [0.3, 0.4) is 0 Å². The number of amides is 1. The van der Waals surface area contributed by atoms with Crippen molar-refractivity contribution in [2.24, 2.45) is 5.73 Å². The first kappa shape index (κ1) is 15.4. The van der Waals surface area contributed by atoms with Crippen molar-refractivity contribution in [2.45, 2.75) is 44.8 Å². The third kappa shape index (κ3) is 5.80. The summed E-state index contributed by atoms with van der Waals surface area (Å²) in [6.07, 6.45) is 3.56. The van der Waals surface area contributed by atoms with Crippen LogP contribution in [0.5, 0.6) is 0 Å². The van der Waals surface area contributed by atoms with Crippen molar-refractivity contribution in [3.63, 3.8) is 0 Å². The Labute approximate surface area is 110 Å². The van der Waals surface area contributed by atoms with E-state index in [0.29, 0.717) is 19.0 Å². The molecule has 18 heavy (non-hydrogen) atoms. The molecule has 1 aliphatic heterocycles. The van der Waals surface area contributed by atoms with Gasteiger partial charge in [0.05, 0.1) is 6.10 Å². The summed E-state index contributed by atoms with van der Waals surface area (Å²) in [6.45, 7) is 5.74. The van der Waals surface area contributed by atoms with Gasteiger partial charge >= 0.3 is 0 Å². The van der Waals surface area contributed by atoms with Gasteiger partial charge in [0.1, 0.15) is 0 Å². The van der Waals surface area contributed by atoms with Crippen molar-refractivity contribution in [1.82, 2.24) is 10.2 Å². The standard InChI is InChI=1S/C13H27N3O2/c1-11(18-2)3-4-13(17)15-12-5-8-16(9-6-12)10-7-14/h11-12H,3-10,14H2,1-2H3,(H,15,17). The van der Waals surface area contributed by atoms with Crippen LogP contribution in [0.25, 0.3) is 0 Å². The summed E-state index contributed by atoms with van der Waals surface area (Å²) in [6, 6.07) is 0.337. The number of carbonyl (C=O) groups is 1. The van der Waals surface area contributed by atoms with Crippen LogP contribution < -0.4 is 11.1 Å². The third-order valence-electron chi connectivity index (χ3n) is 3.58. The van der Waals surface area contributed by atoms with Crippen molar-refractivity contribution in [3.05, 3.63) is 0 Å². The number of hydrogen-bond donors (Lipinski definition) is 2. The first-order valence-electron chi connectivity index (χ1n) is 6.90. The number of nitrogens with two attached hydrogens (primary N) is 1. The number of nitrogens with zero attached hydrogens (tertiary/aromatic N) is 1. The highest BCUT2D eigenvalue weighted by Crippen LogP contribution is 2.10. The number of likely N-dealkylation sites (tertiary alicyclic amines) is 1. The van der Waals surface area contributed by atoms with Gasteiger partial charge in [-0.25, -0.2) is 0 Å². The van der Waals surface area contributed by atoms with Crippen LogP contribution in [0.1, 0.15) is 32.6 Å². The van der Waals surface area contributed by atoms with Crippen molar-refractivity contribution in [1.29, 1.82) is 0 Å². The topological polar surface area (TPSA) is 67.6 Å². The van der Waals surface area contributed by atoms with Gasteiger partial charge in [-0.3, -0.25) is 4.79 Å². The van der Waals surface area contributed by atoms with E-state index in [-0.39, 0.29) is 12.0 Å². The molecule has 1 atom stereocenters. The molecule has 0 radical (unpaired) electrons. The van der Waals surface area contributed by atoms with Gasteiger partial charge in [0.15, 0.2) is 0 Å². The molecule has 0 saturated carbocycles. The van der Waals surface area contributed by atoms with Gasteiger partial charge in [0.2, 0.25) is 5.91 Å². The lowest BCUT2D eigenvalue weighted by Gasteiger charge is -2.32. The Bertz CT molecular complexity index is 240. The van der Waals surface area contributed by atoms with E-state index in [0.717, 1.165) is 38.9 Å². The number of rotatable bonds is 7. The highest BCUT2D eigenvalue weighted by molar-refractivity contribution is 5.76. The maximum atomic E-state index is 11.7. The van der Waals surface area contributed by atoms with Crippen LogP contribution in [0.15, 0.2) is 0 Å². The van der Waals surface area contributed by atoms with Gasteiger partial charge in [0, 0.05) is 45.8 Å². The Morgan fingerprint density at radius 1 is 1.50 bits per heavy atom. The zero-order chi connectivity index (χ0) is 13.4. The molecule has 0 aromatic carbocycles. The third-order valence-corrected chi connectivity index (χ3v) is 3.58. The Morgan fingerprint density at radius 3 is 2.72 bits per heavy atom. The molecule has 0 bridgehead atoms. The predicted octanol–water partition coefficient (Wildman–Crippen LogP) is 0.341. The molecule has 1 rings (SSSR count). The smallest absolute Gasteiger partial charge is 0.220 e. The number of piperidine rings is 1. The van der Waals surface area contributed by atoms with Crippen LogP contribution in [0.4, 0.5) is 0 Å². The highest BCUT2D eigenvalue weighted by atomic mass is 16.5. The maximum Gasteiger partial charge on any atom is 0.220 e. The predicted molar refractivity (Wildman–Crippen MR) is 72.4 cm³/mol. The van der Waals surface area contributed by atoms with Gasteiger partial charge < -0.3 is 20.7 Å². The zero-order valence-electron chi connectivity index (χ0n) is 11.7. The van der Waals surface area contributed by atoms with Crippen molar-refractivity contribution < 1.29 is 9.53 Å². The molecule has 0 spiro atoms. The van der Waals surface area contributed by atoms with Crippen molar-refractivity contribution in [3.8, 4) is 0 Å². The van der Waals surface area contributed by atoms with E-state index < -0.39 is 0 Å². The average molecular weight is 257 g/mol. The summed E-state index contributed by atoms with van der Waals surface area (Å²) in [7, 11) is 1.68. The number of ether oxygens (including phenoxy) is 1. The number of nitrogens with one attached hydrogen (secondary N) is 1. The first-order valence-corrected chi connectivity index (χ1v) is 6.90. The molecule has 5 heteroatoms. The lowest BCUT2D eigenvalue weighted by atomic mass is 10.0. The number of methoxy groups -OCH3 is 1. The summed E-state index contributed by atoms with van der Waals surface area (Å²) in [4.78, 5) is 14.1. The molecule has 1 saturated heterocycles. The fraction of sp³-hybridized carbons (Fsp3) is 0.923. The summed E-state index contributed by atoms with van der Waals surface area (Å²) in [5.41, 5.74) is 5.53. The molecule has 1 unspecified atom stereocenters. The molecule has 1 heterocycles. The molecule has 106 valence electrons. The largest absolute Gasteiger partial charge is 0.382 e. The molecule has 5 nitrogen and oxygen atoms in total. The maximum absolute atomic E-state index is 11.7. The molecular formula is C13H27N3O2. The van der Waals surface area contributed by atoms with Crippen LogP contribution in [-0.4, -0.2) is 56.2 Å². The van der Waals surface area contributed by atoms with Crippen LogP contribution in [0.2, 0.25) is 0 Å². The summed E-state index contributed by atoms with van der Waals surface area (Å²) in [5.74, 6) is 0.149. The molecular weight excluding hydrogens is 230 g/mol. The lowest BCUT2D eigenvalue weighted by Crippen LogP contribution is -2.45. The SMILES string of the molecule is COC(C)CCC(=O)NC1CCN(CCN)CC1. The van der Waals surface area contributed by atoms with E-state index >= 15 is 0 Å². The summed E-state index contributed by atoms with van der Waals surface area (Å²) >= 11 is 0. The minimum Gasteiger partial charge on any atom is -0.382 e. The molecule has 0 aromatic rings. The molecule has 1 aliphatic rings. The van der Waals surface area contributed by atoms with Gasteiger partial charge in [-0.15, -0.1) is 0 Å². The van der Waals surface area contributed by atoms with E-state index in [1.807, 2.05) is 6.92 Å². The Morgan fingerprint density at radius 2 is 2.17 bits per heavy atom. The first-order chi connectivity index (χ1) is 8.65. The Hall–Kier alpha value is -0.650. The molecule has 3 N–H and O–H groups in total. The van der Waals surface area contributed by atoms with Crippen molar-refractivity contribution in [2.75, 3.05) is 33.3 Å². The quantitative estimate of drug-likeness (QED) is 0.690. The molecule has 1 amide bonds. The second-order valence-electron chi connectivity index (χ2n) is 5.06. The Kier molecular flexibility index (Phi) is 7.23. The molecule has 1 fully saturated rings. The monoisotopic (exact) mass is 257 g/mol. The molecule has 0 aromatic heterocycles. The number of hydrogen-bond acceptors (Lipinski definition) is 4. The van der Waals surface area contributed by atoms with Gasteiger partial charge in [-0.1, -0.05) is 0 Å². The van der Waals surface area contributed by atoms with Gasteiger partial charge in [-0.2, -0.15) is 0 Å².